The van der Waals surface area contributed by atoms with E-state index in [0.717, 1.165) is 30.1 Å². The maximum Gasteiger partial charge on any atom is 0.223 e. The molecule has 0 amide bonds. The third-order valence-electron chi connectivity index (χ3n) is 5.04. The summed E-state index contributed by atoms with van der Waals surface area (Å²) in [4.78, 5) is 11.4. The molecule has 1 aliphatic rings. The largest absolute Gasteiger partial charge is 0.390 e. The van der Waals surface area contributed by atoms with Gasteiger partial charge >= 0.3 is 0 Å². The molecule has 0 atom stereocenters. The molecule has 3 rings (SSSR count). The van der Waals surface area contributed by atoms with Crippen molar-refractivity contribution in [1.82, 2.24) is 20.2 Å². The van der Waals surface area contributed by atoms with Gasteiger partial charge in [0.25, 0.3) is 0 Å². The van der Waals surface area contributed by atoms with Crippen LogP contribution in [0, 0.1) is 6.92 Å². The number of rotatable bonds is 7. The zero-order valence-corrected chi connectivity index (χ0v) is 17.2. The van der Waals surface area contributed by atoms with Gasteiger partial charge in [-0.3, -0.25) is 0 Å². The number of hydrogen-bond acceptors (Lipinski definition) is 5. The fraction of sp³-hybridized carbons (Fsp3) is 0.304. The molecule has 0 aliphatic carbocycles. The summed E-state index contributed by atoms with van der Waals surface area (Å²) in [7, 11) is 1.94. The Kier molecular flexibility index (Phi) is 6.48. The topological polar surface area (TPSA) is 53.1 Å². The lowest BCUT2D eigenvalue weighted by Crippen LogP contribution is -2.23. The summed E-state index contributed by atoms with van der Waals surface area (Å²) < 4.78 is 0. The average Bonchev–Trinajstić information content (AvgIpc) is 2.74. The van der Waals surface area contributed by atoms with Gasteiger partial charge in [-0.25, -0.2) is 9.97 Å². The van der Waals surface area contributed by atoms with Crippen molar-refractivity contribution in [3.05, 3.63) is 83.0 Å². The van der Waals surface area contributed by atoms with Crippen molar-refractivity contribution in [3.63, 3.8) is 0 Å². The zero-order valence-electron chi connectivity index (χ0n) is 17.2. The van der Waals surface area contributed by atoms with E-state index in [4.69, 9.17) is 4.98 Å². The molecule has 1 aromatic carbocycles. The van der Waals surface area contributed by atoms with E-state index in [1.165, 1.54) is 16.7 Å². The van der Waals surface area contributed by atoms with Crippen molar-refractivity contribution in [1.29, 1.82) is 0 Å². The van der Waals surface area contributed by atoms with E-state index in [9.17, 15) is 0 Å². The van der Waals surface area contributed by atoms with Gasteiger partial charge < -0.3 is 15.5 Å². The Balaban J connectivity index is 1.82. The van der Waals surface area contributed by atoms with E-state index in [2.05, 4.69) is 83.9 Å². The van der Waals surface area contributed by atoms with Crippen molar-refractivity contribution < 1.29 is 0 Å². The molecule has 0 spiro atoms. The van der Waals surface area contributed by atoms with E-state index in [0.29, 0.717) is 12.5 Å². The smallest absolute Gasteiger partial charge is 0.223 e. The Morgan fingerprint density at radius 2 is 2.04 bits per heavy atom. The summed E-state index contributed by atoms with van der Waals surface area (Å²) in [6, 6.07) is 10.3. The summed E-state index contributed by atoms with van der Waals surface area (Å²) in [5.74, 6) is 0.632. The number of nitrogens with one attached hydrogen (secondary N) is 2. The lowest BCUT2D eigenvalue weighted by atomic mass is 10.1. The zero-order chi connectivity index (χ0) is 19.9. The van der Waals surface area contributed by atoms with Crippen LogP contribution in [0.4, 0.5) is 5.95 Å². The normalized spacial score (nSPS) is 14.4. The Bertz CT molecular complexity index is 911. The molecule has 1 aliphatic heterocycles. The lowest BCUT2D eigenvalue weighted by molar-refractivity contribution is 0.570. The minimum atomic E-state index is 0.632. The highest BCUT2D eigenvalue weighted by Crippen LogP contribution is 2.25. The third kappa shape index (κ3) is 4.60. The van der Waals surface area contributed by atoms with Gasteiger partial charge in [-0.05, 0) is 49.1 Å². The first kappa shape index (κ1) is 19.7. The first-order chi connectivity index (χ1) is 13.6. The molecular weight excluding hydrogens is 346 g/mol. The molecule has 0 saturated heterocycles. The minimum Gasteiger partial charge on any atom is -0.390 e. The molecule has 0 saturated carbocycles. The summed E-state index contributed by atoms with van der Waals surface area (Å²) in [6.07, 6.45) is 9.44. The van der Waals surface area contributed by atoms with Crippen molar-refractivity contribution in [3.8, 4) is 0 Å². The van der Waals surface area contributed by atoms with Crippen LogP contribution < -0.4 is 10.6 Å². The Morgan fingerprint density at radius 1 is 1.21 bits per heavy atom. The Morgan fingerprint density at radius 3 is 2.71 bits per heavy atom. The second-order valence-corrected chi connectivity index (χ2v) is 6.87. The highest BCUT2D eigenvalue weighted by molar-refractivity contribution is 5.66. The van der Waals surface area contributed by atoms with E-state index < -0.39 is 0 Å². The molecule has 5 nitrogen and oxygen atoms in total. The monoisotopic (exact) mass is 375 g/mol. The summed E-state index contributed by atoms with van der Waals surface area (Å²) in [5.41, 5.74) is 6.89. The molecular formula is C23H29N5. The number of hydrogen-bond donors (Lipinski definition) is 2. The highest BCUT2D eigenvalue weighted by Gasteiger charge is 2.16. The van der Waals surface area contributed by atoms with Gasteiger partial charge in [0.1, 0.15) is 0 Å². The number of anilines is 1. The fourth-order valence-electron chi connectivity index (χ4n) is 3.19. The van der Waals surface area contributed by atoms with Gasteiger partial charge in [-0.1, -0.05) is 37.3 Å². The molecule has 0 radical (unpaired) electrons. The molecule has 2 N–H and O–H groups in total. The van der Waals surface area contributed by atoms with Gasteiger partial charge in [0.05, 0.1) is 11.4 Å². The molecule has 1 aromatic heterocycles. The first-order valence-electron chi connectivity index (χ1n) is 9.76. The quantitative estimate of drug-likeness (QED) is 0.748. The Hall–Kier alpha value is -3.08. The molecule has 2 heterocycles. The summed E-state index contributed by atoms with van der Waals surface area (Å²) >= 11 is 0. The maximum atomic E-state index is 4.78. The van der Waals surface area contributed by atoms with Crippen molar-refractivity contribution in [2.75, 3.05) is 18.9 Å². The second kappa shape index (κ2) is 9.22. The van der Waals surface area contributed by atoms with Gasteiger partial charge in [0.2, 0.25) is 5.95 Å². The standard InChI is InChI=1S/C23H29N5/c1-5-19-11-14-28(15-12-19)22(18(3)24-4)21-10-13-25-23(27-21)26-16-20-9-7-6-8-17(20)2/h6-14,24H,5,15-16H2,1-4H3,(H,25,26,27)/b22-18-. The van der Waals surface area contributed by atoms with Gasteiger partial charge in [-0.2, -0.15) is 0 Å². The first-order valence-corrected chi connectivity index (χ1v) is 9.76. The SMILES string of the molecule is CCC1=CCN(/C(=C(/C)NC)c2ccnc(NCc3ccccc3C)n2)C=C1. The lowest BCUT2D eigenvalue weighted by Gasteiger charge is -2.27. The number of benzene rings is 1. The van der Waals surface area contributed by atoms with Crippen molar-refractivity contribution >= 4 is 11.6 Å². The van der Waals surface area contributed by atoms with Gasteiger partial charge in [0, 0.05) is 38.2 Å². The number of nitrogens with zero attached hydrogens (tertiary/aromatic N) is 3. The van der Waals surface area contributed by atoms with E-state index >= 15 is 0 Å². The van der Waals surface area contributed by atoms with Gasteiger partial charge in [0.15, 0.2) is 0 Å². The third-order valence-corrected chi connectivity index (χ3v) is 5.04. The molecule has 0 fully saturated rings. The average molecular weight is 376 g/mol. The predicted molar refractivity (Wildman–Crippen MR) is 116 cm³/mol. The van der Waals surface area contributed by atoms with Crippen molar-refractivity contribution in [2.24, 2.45) is 0 Å². The fourth-order valence-corrected chi connectivity index (χ4v) is 3.19. The van der Waals surface area contributed by atoms with Crippen LogP contribution in [0.5, 0.6) is 0 Å². The number of allylic oxidation sites excluding steroid dienone is 3. The number of aryl methyl sites for hydroxylation is 1. The van der Waals surface area contributed by atoms with E-state index in [-0.39, 0.29) is 0 Å². The van der Waals surface area contributed by atoms with E-state index in [1.54, 1.807) is 0 Å². The summed E-state index contributed by atoms with van der Waals surface area (Å²) in [6.45, 7) is 7.91. The second-order valence-electron chi connectivity index (χ2n) is 6.87. The molecule has 146 valence electrons. The molecule has 2 aromatic rings. The van der Waals surface area contributed by atoms with Crippen LogP contribution in [0.3, 0.4) is 0 Å². The highest BCUT2D eigenvalue weighted by atomic mass is 15.2. The number of aromatic nitrogens is 2. The molecule has 5 heteroatoms. The van der Waals surface area contributed by atoms with E-state index in [1.807, 2.05) is 19.3 Å². The van der Waals surface area contributed by atoms with Gasteiger partial charge in [-0.15, -0.1) is 0 Å². The molecule has 28 heavy (non-hydrogen) atoms. The summed E-state index contributed by atoms with van der Waals surface area (Å²) in [5, 5.41) is 6.63. The Labute approximate surface area is 167 Å². The molecule has 0 unspecified atom stereocenters. The molecule has 0 bridgehead atoms. The van der Waals surface area contributed by atoms with Crippen LogP contribution in [0.1, 0.15) is 37.1 Å². The predicted octanol–water partition coefficient (Wildman–Crippen LogP) is 4.47. The van der Waals surface area contributed by atoms with Crippen molar-refractivity contribution in [2.45, 2.75) is 33.7 Å². The van der Waals surface area contributed by atoms with Crippen LogP contribution in [0.2, 0.25) is 0 Å². The minimum absolute atomic E-state index is 0.632. The van der Waals surface area contributed by atoms with Crippen LogP contribution in [0.15, 0.2) is 66.2 Å². The maximum absolute atomic E-state index is 4.78. The van der Waals surface area contributed by atoms with Crippen LogP contribution in [0.25, 0.3) is 5.70 Å². The van der Waals surface area contributed by atoms with Crippen LogP contribution in [-0.2, 0) is 6.54 Å². The van der Waals surface area contributed by atoms with Crippen LogP contribution >= 0.6 is 0 Å². The van der Waals surface area contributed by atoms with Crippen LogP contribution in [-0.4, -0.2) is 28.5 Å².